The van der Waals surface area contributed by atoms with Crippen LogP contribution in [0.3, 0.4) is 0 Å². The van der Waals surface area contributed by atoms with Crippen molar-refractivity contribution in [3.63, 3.8) is 0 Å². The summed E-state index contributed by atoms with van der Waals surface area (Å²) in [5.41, 5.74) is 6.80. The minimum absolute atomic E-state index is 0.0620. The van der Waals surface area contributed by atoms with Crippen LogP contribution in [0.1, 0.15) is 18.9 Å². The average molecular weight is 241 g/mol. The lowest BCUT2D eigenvalue weighted by Gasteiger charge is -2.14. The predicted molar refractivity (Wildman–Crippen MR) is 66.4 cm³/mol. The summed E-state index contributed by atoms with van der Waals surface area (Å²) in [6, 6.07) is 5.69. The van der Waals surface area contributed by atoms with E-state index in [1.165, 1.54) is 0 Å². The van der Waals surface area contributed by atoms with Crippen molar-refractivity contribution in [3.8, 4) is 11.5 Å². The summed E-state index contributed by atoms with van der Waals surface area (Å²) in [7, 11) is 1.60. The number of ether oxygens (including phenoxy) is 2. The zero-order valence-corrected chi connectivity index (χ0v) is 10.4. The summed E-state index contributed by atoms with van der Waals surface area (Å²) >= 11 is 0. The molecular weight excluding hydrogens is 221 g/mol. The summed E-state index contributed by atoms with van der Waals surface area (Å²) < 4.78 is 22.7. The minimum atomic E-state index is -0.368. The summed E-state index contributed by atoms with van der Waals surface area (Å²) in [6.07, 6.45) is 1.13. The van der Waals surface area contributed by atoms with Crippen molar-refractivity contribution in [2.75, 3.05) is 20.4 Å². The van der Waals surface area contributed by atoms with Crippen molar-refractivity contribution in [3.05, 3.63) is 23.8 Å². The Morgan fingerprint density at radius 2 is 2.18 bits per heavy atom. The zero-order chi connectivity index (χ0) is 12.7. The van der Waals surface area contributed by atoms with Gasteiger partial charge in [0.2, 0.25) is 0 Å². The van der Waals surface area contributed by atoms with Crippen molar-refractivity contribution >= 4 is 0 Å². The van der Waals surface area contributed by atoms with E-state index in [9.17, 15) is 4.39 Å². The molecule has 1 atom stereocenters. The topological polar surface area (TPSA) is 44.5 Å². The highest BCUT2D eigenvalue weighted by Crippen LogP contribution is 2.26. The van der Waals surface area contributed by atoms with E-state index in [2.05, 4.69) is 0 Å². The molecule has 96 valence electrons. The lowest BCUT2D eigenvalue weighted by Crippen LogP contribution is -2.18. The van der Waals surface area contributed by atoms with Gasteiger partial charge in [-0.25, -0.2) is 0 Å². The largest absolute Gasteiger partial charge is 0.497 e. The third kappa shape index (κ3) is 4.61. The molecule has 1 rings (SSSR count). The quantitative estimate of drug-likeness (QED) is 0.745. The SMILES string of the molecule is COc1ccc(CC(C)N)c(OCCCF)c1. The van der Waals surface area contributed by atoms with Gasteiger partial charge in [0, 0.05) is 18.5 Å². The summed E-state index contributed by atoms with van der Waals surface area (Å²) in [5, 5.41) is 0. The van der Waals surface area contributed by atoms with Gasteiger partial charge in [-0.2, -0.15) is 0 Å². The number of rotatable bonds is 7. The van der Waals surface area contributed by atoms with Gasteiger partial charge in [0.15, 0.2) is 0 Å². The molecule has 0 amide bonds. The second kappa shape index (κ2) is 7.12. The Bertz CT molecular complexity index is 342. The Kier molecular flexibility index (Phi) is 5.77. The first-order valence-electron chi connectivity index (χ1n) is 5.78. The van der Waals surface area contributed by atoms with E-state index in [0.717, 1.165) is 23.5 Å². The van der Waals surface area contributed by atoms with Crippen LogP contribution in [-0.4, -0.2) is 26.4 Å². The fourth-order valence-corrected chi connectivity index (χ4v) is 1.55. The molecule has 2 N–H and O–H groups in total. The standard InChI is InChI=1S/C13H20FNO2/c1-10(15)8-11-4-5-12(16-2)9-13(11)17-7-3-6-14/h4-5,9-10H,3,6-8,15H2,1-2H3. The van der Waals surface area contributed by atoms with Gasteiger partial charge in [-0.3, -0.25) is 4.39 Å². The van der Waals surface area contributed by atoms with Crippen molar-refractivity contribution in [1.29, 1.82) is 0 Å². The molecule has 0 bridgehead atoms. The van der Waals surface area contributed by atoms with E-state index < -0.39 is 0 Å². The average Bonchev–Trinajstić information content (AvgIpc) is 2.30. The van der Waals surface area contributed by atoms with Gasteiger partial charge in [-0.1, -0.05) is 6.07 Å². The first-order chi connectivity index (χ1) is 8.17. The van der Waals surface area contributed by atoms with E-state index in [1.54, 1.807) is 7.11 Å². The van der Waals surface area contributed by atoms with Crippen LogP contribution in [-0.2, 0) is 6.42 Å². The molecule has 17 heavy (non-hydrogen) atoms. The maximum absolute atomic E-state index is 12.0. The number of hydrogen-bond donors (Lipinski definition) is 1. The summed E-state index contributed by atoms with van der Waals surface area (Å²) in [4.78, 5) is 0. The van der Waals surface area contributed by atoms with E-state index in [1.807, 2.05) is 25.1 Å². The second-order valence-corrected chi connectivity index (χ2v) is 4.05. The number of nitrogens with two attached hydrogens (primary N) is 1. The highest BCUT2D eigenvalue weighted by molar-refractivity contribution is 5.41. The predicted octanol–water partition coefficient (Wildman–Crippen LogP) is 2.32. The fraction of sp³-hybridized carbons (Fsp3) is 0.538. The highest BCUT2D eigenvalue weighted by Gasteiger charge is 2.08. The van der Waals surface area contributed by atoms with Gasteiger partial charge in [0.1, 0.15) is 11.5 Å². The number of hydrogen-bond acceptors (Lipinski definition) is 3. The van der Waals surface area contributed by atoms with Crippen LogP contribution < -0.4 is 15.2 Å². The van der Waals surface area contributed by atoms with Crippen molar-refractivity contribution in [2.24, 2.45) is 5.73 Å². The smallest absolute Gasteiger partial charge is 0.126 e. The number of methoxy groups -OCH3 is 1. The second-order valence-electron chi connectivity index (χ2n) is 4.05. The van der Waals surface area contributed by atoms with Gasteiger partial charge in [0.25, 0.3) is 0 Å². The molecule has 0 aromatic heterocycles. The molecule has 0 fully saturated rings. The lowest BCUT2D eigenvalue weighted by molar-refractivity contribution is 0.285. The third-order valence-electron chi connectivity index (χ3n) is 2.35. The number of alkyl halides is 1. The van der Waals surface area contributed by atoms with E-state index in [-0.39, 0.29) is 12.7 Å². The molecule has 0 radical (unpaired) electrons. The molecule has 0 saturated carbocycles. The maximum Gasteiger partial charge on any atom is 0.126 e. The minimum Gasteiger partial charge on any atom is -0.497 e. The van der Waals surface area contributed by atoms with Crippen molar-refractivity contribution < 1.29 is 13.9 Å². The van der Waals surface area contributed by atoms with Crippen LogP contribution in [0.5, 0.6) is 11.5 Å². The number of halogens is 1. The zero-order valence-electron chi connectivity index (χ0n) is 10.4. The maximum atomic E-state index is 12.0. The molecule has 1 aromatic rings. The fourth-order valence-electron chi connectivity index (χ4n) is 1.55. The molecule has 0 aliphatic heterocycles. The molecule has 0 spiro atoms. The van der Waals surface area contributed by atoms with Gasteiger partial charge in [-0.05, 0) is 25.0 Å². The van der Waals surface area contributed by atoms with Crippen molar-refractivity contribution in [1.82, 2.24) is 0 Å². The first kappa shape index (κ1) is 13.8. The van der Waals surface area contributed by atoms with Gasteiger partial charge in [0.05, 0.1) is 20.4 Å². The van der Waals surface area contributed by atoms with E-state index in [0.29, 0.717) is 13.0 Å². The van der Waals surface area contributed by atoms with Crippen LogP contribution in [0.25, 0.3) is 0 Å². The summed E-state index contributed by atoms with van der Waals surface area (Å²) in [6.45, 7) is 1.94. The monoisotopic (exact) mass is 241 g/mol. The van der Waals surface area contributed by atoms with Crippen LogP contribution in [0, 0.1) is 0 Å². The normalized spacial score (nSPS) is 12.2. The Balaban J connectivity index is 2.79. The molecule has 0 heterocycles. The first-order valence-corrected chi connectivity index (χ1v) is 5.78. The Morgan fingerprint density at radius 3 is 2.76 bits per heavy atom. The van der Waals surface area contributed by atoms with E-state index in [4.69, 9.17) is 15.2 Å². The Hall–Kier alpha value is -1.29. The van der Waals surface area contributed by atoms with Crippen LogP contribution in [0.15, 0.2) is 18.2 Å². The third-order valence-corrected chi connectivity index (χ3v) is 2.35. The van der Waals surface area contributed by atoms with Crippen LogP contribution >= 0.6 is 0 Å². The van der Waals surface area contributed by atoms with Gasteiger partial charge < -0.3 is 15.2 Å². The molecule has 0 aliphatic rings. The highest BCUT2D eigenvalue weighted by atomic mass is 19.1. The molecule has 1 unspecified atom stereocenters. The number of benzene rings is 1. The van der Waals surface area contributed by atoms with Gasteiger partial charge in [-0.15, -0.1) is 0 Å². The molecular formula is C13H20FNO2. The van der Waals surface area contributed by atoms with Crippen molar-refractivity contribution in [2.45, 2.75) is 25.8 Å². The molecule has 3 nitrogen and oxygen atoms in total. The van der Waals surface area contributed by atoms with Crippen LogP contribution in [0.4, 0.5) is 4.39 Å². The molecule has 0 aliphatic carbocycles. The van der Waals surface area contributed by atoms with E-state index >= 15 is 0 Å². The Labute approximate surface area is 102 Å². The molecule has 0 saturated heterocycles. The lowest BCUT2D eigenvalue weighted by atomic mass is 10.1. The van der Waals surface area contributed by atoms with Crippen LogP contribution in [0.2, 0.25) is 0 Å². The molecule has 1 aromatic carbocycles. The Morgan fingerprint density at radius 1 is 1.41 bits per heavy atom. The molecule has 4 heteroatoms. The van der Waals surface area contributed by atoms with Gasteiger partial charge >= 0.3 is 0 Å². The summed E-state index contributed by atoms with van der Waals surface area (Å²) in [5.74, 6) is 1.46.